The van der Waals surface area contributed by atoms with E-state index in [1.807, 2.05) is 0 Å². The molecule has 0 saturated carbocycles. The van der Waals surface area contributed by atoms with Crippen molar-refractivity contribution in [2.45, 2.75) is 5.54 Å². The zero-order valence-corrected chi connectivity index (χ0v) is 7.08. The smallest absolute Gasteiger partial charge is 0.154 e. The number of hydrogen-bond donors (Lipinski definition) is 1. The summed E-state index contributed by atoms with van der Waals surface area (Å²) in [7, 11) is 0. The molecular formula is C7H8ClN3O. The Morgan fingerprint density at radius 1 is 1.42 bits per heavy atom. The van der Waals surface area contributed by atoms with E-state index in [-0.39, 0.29) is 5.54 Å². The summed E-state index contributed by atoms with van der Waals surface area (Å²) < 4.78 is 5.06. The van der Waals surface area contributed by atoms with Crippen molar-refractivity contribution in [2.75, 3.05) is 13.2 Å². The standard InChI is InChI=1S/C7H8ClN3O/c8-11-7(4-12-5-7)6-9-2-1-3-10-6/h1-3,11H,4-5H2. The van der Waals surface area contributed by atoms with Crippen LogP contribution >= 0.6 is 11.8 Å². The molecular weight excluding hydrogens is 178 g/mol. The Labute approximate surface area is 75.0 Å². The van der Waals surface area contributed by atoms with Crippen LogP contribution in [0.1, 0.15) is 5.82 Å². The molecule has 1 aromatic heterocycles. The maximum absolute atomic E-state index is 5.58. The van der Waals surface area contributed by atoms with Gasteiger partial charge in [-0.2, -0.15) is 0 Å². The van der Waals surface area contributed by atoms with Gasteiger partial charge in [0.1, 0.15) is 5.54 Å². The Kier molecular flexibility index (Phi) is 1.96. The molecule has 0 aromatic carbocycles. The Balaban J connectivity index is 2.28. The topological polar surface area (TPSA) is 47.0 Å². The van der Waals surface area contributed by atoms with Crippen LogP contribution in [-0.4, -0.2) is 23.2 Å². The second-order valence-corrected chi connectivity index (χ2v) is 2.93. The average molecular weight is 186 g/mol. The van der Waals surface area contributed by atoms with E-state index < -0.39 is 0 Å². The fraction of sp³-hybridized carbons (Fsp3) is 0.429. The third-order valence-electron chi connectivity index (χ3n) is 1.87. The first kappa shape index (κ1) is 7.91. The maximum atomic E-state index is 5.58. The van der Waals surface area contributed by atoms with Gasteiger partial charge in [0.2, 0.25) is 0 Å². The number of rotatable bonds is 2. The Bertz CT molecular complexity index is 257. The first-order valence-corrected chi connectivity index (χ1v) is 3.98. The largest absolute Gasteiger partial charge is 0.376 e. The Hall–Kier alpha value is -0.710. The average Bonchev–Trinajstić information content (AvgIpc) is 2.05. The van der Waals surface area contributed by atoms with E-state index in [2.05, 4.69) is 14.8 Å². The number of ether oxygens (including phenoxy) is 1. The van der Waals surface area contributed by atoms with Gasteiger partial charge < -0.3 is 4.74 Å². The molecule has 12 heavy (non-hydrogen) atoms. The minimum Gasteiger partial charge on any atom is -0.376 e. The van der Waals surface area contributed by atoms with Crippen molar-refractivity contribution >= 4 is 11.8 Å². The van der Waals surface area contributed by atoms with Crippen LogP contribution in [0.3, 0.4) is 0 Å². The molecule has 0 unspecified atom stereocenters. The summed E-state index contributed by atoms with van der Waals surface area (Å²) in [6.07, 6.45) is 3.38. The summed E-state index contributed by atoms with van der Waals surface area (Å²) in [5.41, 5.74) is -0.372. The lowest BCUT2D eigenvalue weighted by Crippen LogP contribution is -2.55. The van der Waals surface area contributed by atoms with E-state index in [1.54, 1.807) is 18.5 Å². The SMILES string of the molecule is ClNC1(c2ncccn2)COC1. The quantitative estimate of drug-likeness (QED) is 0.680. The lowest BCUT2D eigenvalue weighted by atomic mass is 9.98. The molecule has 2 heterocycles. The van der Waals surface area contributed by atoms with Gasteiger partial charge in [-0.3, -0.25) is 0 Å². The van der Waals surface area contributed by atoms with E-state index in [0.29, 0.717) is 19.0 Å². The van der Waals surface area contributed by atoms with Crippen molar-refractivity contribution in [1.29, 1.82) is 0 Å². The van der Waals surface area contributed by atoms with Crippen LogP contribution in [-0.2, 0) is 10.3 Å². The maximum Gasteiger partial charge on any atom is 0.154 e. The van der Waals surface area contributed by atoms with Gasteiger partial charge in [0.05, 0.1) is 13.2 Å². The lowest BCUT2D eigenvalue weighted by Gasteiger charge is -2.37. The van der Waals surface area contributed by atoms with Gasteiger partial charge in [-0.05, 0) is 17.8 Å². The van der Waals surface area contributed by atoms with Crippen LogP contribution in [0.15, 0.2) is 18.5 Å². The van der Waals surface area contributed by atoms with Gasteiger partial charge in [0.25, 0.3) is 0 Å². The zero-order valence-electron chi connectivity index (χ0n) is 6.33. The summed E-state index contributed by atoms with van der Waals surface area (Å²) in [5.74, 6) is 0.686. The Morgan fingerprint density at radius 2 is 2.08 bits per heavy atom. The van der Waals surface area contributed by atoms with Crippen LogP contribution < -0.4 is 4.84 Å². The molecule has 0 amide bonds. The predicted molar refractivity (Wildman–Crippen MR) is 43.5 cm³/mol. The van der Waals surface area contributed by atoms with Crippen LogP contribution in [0.5, 0.6) is 0 Å². The summed E-state index contributed by atoms with van der Waals surface area (Å²) in [6.45, 7) is 1.06. The fourth-order valence-electron chi connectivity index (χ4n) is 1.08. The molecule has 5 heteroatoms. The van der Waals surface area contributed by atoms with Gasteiger partial charge in [0, 0.05) is 12.4 Å². The number of nitrogens with zero attached hydrogens (tertiary/aromatic N) is 2. The van der Waals surface area contributed by atoms with Gasteiger partial charge in [-0.15, -0.1) is 0 Å². The fourth-order valence-corrected chi connectivity index (χ4v) is 1.27. The lowest BCUT2D eigenvalue weighted by molar-refractivity contribution is -0.0707. The molecule has 1 aromatic rings. The van der Waals surface area contributed by atoms with Crippen molar-refractivity contribution in [2.24, 2.45) is 0 Å². The summed E-state index contributed by atoms with van der Waals surface area (Å²) >= 11 is 5.58. The molecule has 4 nitrogen and oxygen atoms in total. The Morgan fingerprint density at radius 3 is 2.50 bits per heavy atom. The van der Waals surface area contributed by atoms with Crippen molar-refractivity contribution in [3.05, 3.63) is 24.3 Å². The number of aromatic nitrogens is 2. The van der Waals surface area contributed by atoms with E-state index in [4.69, 9.17) is 16.5 Å². The summed E-state index contributed by atoms with van der Waals surface area (Å²) in [6, 6.07) is 1.77. The minimum atomic E-state index is -0.372. The monoisotopic (exact) mass is 185 g/mol. The molecule has 64 valence electrons. The molecule has 0 bridgehead atoms. The molecule has 0 radical (unpaired) electrons. The second kappa shape index (κ2) is 2.97. The number of nitrogens with one attached hydrogen (secondary N) is 1. The van der Waals surface area contributed by atoms with E-state index in [9.17, 15) is 0 Å². The predicted octanol–water partition coefficient (Wildman–Crippen LogP) is 0.445. The number of halogens is 1. The zero-order chi connectivity index (χ0) is 8.44. The highest BCUT2D eigenvalue weighted by atomic mass is 35.5. The summed E-state index contributed by atoms with van der Waals surface area (Å²) in [5, 5.41) is 0. The van der Waals surface area contributed by atoms with Gasteiger partial charge >= 0.3 is 0 Å². The van der Waals surface area contributed by atoms with Crippen LogP contribution in [0.2, 0.25) is 0 Å². The molecule has 1 fully saturated rings. The van der Waals surface area contributed by atoms with Crippen molar-refractivity contribution < 1.29 is 4.74 Å². The summed E-state index contributed by atoms with van der Waals surface area (Å²) in [4.78, 5) is 10.9. The minimum absolute atomic E-state index is 0.372. The first-order chi connectivity index (χ1) is 5.87. The highest BCUT2D eigenvalue weighted by molar-refractivity contribution is 6.14. The second-order valence-electron chi connectivity index (χ2n) is 2.74. The molecule has 0 atom stereocenters. The molecule has 1 N–H and O–H groups in total. The van der Waals surface area contributed by atoms with Crippen molar-refractivity contribution in [3.8, 4) is 0 Å². The molecule has 0 aliphatic carbocycles. The highest BCUT2D eigenvalue weighted by Gasteiger charge is 2.42. The third-order valence-corrected chi connectivity index (χ3v) is 2.23. The highest BCUT2D eigenvalue weighted by Crippen LogP contribution is 2.26. The van der Waals surface area contributed by atoms with Crippen molar-refractivity contribution in [1.82, 2.24) is 14.8 Å². The normalized spacial score (nSPS) is 20.1. The van der Waals surface area contributed by atoms with Crippen LogP contribution in [0, 0.1) is 0 Å². The van der Waals surface area contributed by atoms with E-state index >= 15 is 0 Å². The molecule has 1 aliphatic rings. The van der Waals surface area contributed by atoms with E-state index in [1.165, 1.54) is 0 Å². The molecule has 1 saturated heterocycles. The molecule has 2 rings (SSSR count). The first-order valence-electron chi connectivity index (χ1n) is 3.60. The number of hydrogen-bond acceptors (Lipinski definition) is 4. The third kappa shape index (κ3) is 1.08. The van der Waals surface area contributed by atoms with Gasteiger partial charge in [-0.1, -0.05) is 0 Å². The van der Waals surface area contributed by atoms with Gasteiger partial charge in [0.15, 0.2) is 5.82 Å². The van der Waals surface area contributed by atoms with Crippen LogP contribution in [0.4, 0.5) is 0 Å². The molecule has 0 spiro atoms. The molecule has 1 aliphatic heterocycles. The van der Waals surface area contributed by atoms with Gasteiger partial charge in [-0.25, -0.2) is 14.8 Å². The van der Waals surface area contributed by atoms with Crippen LogP contribution in [0.25, 0.3) is 0 Å². The van der Waals surface area contributed by atoms with Crippen molar-refractivity contribution in [3.63, 3.8) is 0 Å². The van der Waals surface area contributed by atoms with E-state index in [0.717, 1.165) is 0 Å².